The number of aromatic nitrogens is 3. The number of para-hydroxylation sites is 3. The van der Waals surface area contributed by atoms with Gasteiger partial charge in [0.25, 0.3) is 0 Å². The summed E-state index contributed by atoms with van der Waals surface area (Å²) in [4.78, 5) is 14.6. The molecular formula is C19H19N5O. The van der Waals surface area contributed by atoms with Gasteiger partial charge in [0.2, 0.25) is 5.91 Å². The molecule has 4 rings (SSSR count). The maximum absolute atomic E-state index is 12.3. The van der Waals surface area contributed by atoms with Crippen LogP contribution in [0.25, 0.3) is 0 Å². The van der Waals surface area contributed by atoms with Crippen molar-refractivity contribution in [3.63, 3.8) is 0 Å². The average molecular weight is 333 g/mol. The van der Waals surface area contributed by atoms with Crippen LogP contribution in [0.15, 0.2) is 60.9 Å². The summed E-state index contributed by atoms with van der Waals surface area (Å²) in [6, 6.07) is 16.4. The molecule has 2 heterocycles. The summed E-state index contributed by atoms with van der Waals surface area (Å²) in [7, 11) is 0. The van der Waals surface area contributed by atoms with E-state index in [1.165, 1.54) is 11.3 Å². The highest BCUT2D eigenvalue weighted by molar-refractivity contribution is 5.95. The van der Waals surface area contributed by atoms with Crippen molar-refractivity contribution in [2.75, 3.05) is 16.8 Å². The van der Waals surface area contributed by atoms with Crippen molar-refractivity contribution in [1.29, 1.82) is 0 Å². The molecule has 0 spiro atoms. The van der Waals surface area contributed by atoms with E-state index < -0.39 is 0 Å². The molecule has 6 nitrogen and oxygen atoms in total. The van der Waals surface area contributed by atoms with Crippen molar-refractivity contribution >= 4 is 23.0 Å². The first-order chi connectivity index (χ1) is 12.3. The van der Waals surface area contributed by atoms with Gasteiger partial charge in [-0.1, -0.05) is 35.5 Å². The molecule has 6 heteroatoms. The number of rotatable bonds is 5. The summed E-state index contributed by atoms with van der Waals surface area (Å²) in [5.74, 6) is -0.0320. The number of amides is 1. The van der Waals surface area contributed by atoms with Crippen LogP contribution in [-0.2, 0) is 17.8 Å². The monoisotopic (exact) mass is 333 g/mol. The summed E-state index contributed by atoms with van der Waals surface area (Å²) < 4.78 is 1.65. The van der Waals surface area contributed by atoms with Gasteiger partial charge in [-0.05, 0) is 30.2 Å². The first-order valence-corrected chi connectivity index (χ1v) is 8.40. The predicted octanol–water partition coefficient (Wildman–Crippen LogP) is 3.00. The fourth-order valence-electron chi connectivity index (χ4n) is 3.18. The third-order valence-electron chi connectivity index (χ3n) is 4.40. The lowest BCUT2D eigenvalue weighted by atomic mass is 10.1. The van der Waals surface area contributed by atoms with Crippen molar-refractivity contribution in [2.24, 2.45) is 0 Å². The molecule has 126 valence electrons. The van der Waals surface area contributed by atoms with Gasteiger partial charge in [0.15, 0.2) is 0 Å². The number of hydrogen-bond donors (Lipinski definition) is 1. The quantitative estimate of drug-likeness (QED) is 0.780. The van der Waals surface area contributed by atoms with E-state index in [1.54, 1.807) is 17.1 Å². The molecule has 0 fully saturated rings. The van der Waals surface area contributed by atoms with E-state index in [0.717, 1.165) is 24.3 Å². The van der Waals surface area contributed by atoms with E-state index >= 15 is 0 Å². The van der Waals surface area contributed by atoms with Gasteiger partial charge in [-0.3, -0.25) is 9.48 Å². The molecule has 0 aliphatic carbocycles. The number of carbonyl (C=O) groups is 1. The summed E-state index contributed by atoms with van der Waals surface area (Å²) >= 11 is 0. The Hall–Kier alpha value is -3.15. The van der Waals surface area contributed by atoms with Crippen LogP contribution in [0.2, 0.25) is 0 Å². The highest BCUT2D eigenvalue weighted by atomic mass is 16.1. The molecule has 25 heavy (non-hydrogen) atoms. The van der Waals surface area contributed by atoms with E-state index in [4.69, 9.17) is 0 Å². The minimum atomic E-state index is -0.0320. The number of carbonyl (C=O) groups excluding carboxylic acids is 1. The van der Waals surface area contributed by atoms with Crippen LogP contribution in [0.1, 0.15) is 12.0 Å². The third-order valence-corrected chi connectivity index (χ3v) is 4.40. The molecule has 1 amide bonds. The molecule has 3 aromatic rings. The zero-order valence-electron chi connectivity index (χ0n) is 13.8. The van der Waals surface area contributed by atoms with E-state index in [9.17, 15) is 4.79 Å². The molecule has 1 aromatic heterocycles. The molecule has 0 atom stereocenters. The minimum Gasteiger partial charge on any atom is -0.339 e. The standard InChI is InChI=1S/C19H19N5O/c25-19(10-12-23-14-11-20-22-23)21-16-6-2-4-8-18(16)24-13-9-15-5-1-3-7-17(15)24/h1-8,11,14H,9-10,12-13H2,(H,21,25). The Balaban J connectivity index is 1.51. The van der Waals surface area contributed by atoms with Crippen molar-refractivity contribution in [2.45, 2.75) is 19.4 Å². The maximum Gasteiger partial charge on any atom is 0.226 e. The molecule has 1 aliphatic heterocycles. The lowest BCUT2D eigenvalue weighted by Gasteiger charge is -2.23. The van der Waals surface area contributed by atoms with Crippen molar-refractivity contribution in [1.82, 2.24) is 15.0 Å². The first kappa shape index (κ1) is 15.4. The van der Waals surface area contributed by atoms with Crippen molar-refractivity contribution in [3.8, 4) is 0 Å². The summed E-state index contributed by atoms with van der Waals surface area (Å²) in [6.07, 6.45) is 4.74. The lowest BCUT2D eigenvalue weighted by molar-refractivity contribution is -0.116. The van der Waals surface area contributed by atoms with Crippen LogP contribution >= 0.6 is 0 Å². The smallest absolute Gasteiger partial charge is 0.226 e. The normalized spacial score (nSPS) is 12.9. The van der Waals surface area contributed by atoms with Crippen molar-refractivity contribution in [3.05, 3.63) is 66.5 Å². The van der Waals surface area contributed by atoms with Gasteiger partial charge in [0, 0.05) is 24.8 Å². The Morgan fingerprint density at radius 2 is 1.88 bits per heavy atom. The highest BCUT2D eigenvalue weighted by Crippen LogP contribution is 2.38. The Morgan fingerprint density at radius 3 is 2.72 bits per heavy atom. The minimum absolute atomic E-state index is 0.0320. The maximum atomic E-state index is 12.3. The molecule has 0 saturated heterocycles. The Labute approximate surface area is 146 Å². The van der Waals surface area contributed by atoms with Gasteiger partial charge in [-0.25, -0.2) is 0 Å². The number of hydrogen-bond acceptors (Lipinski definition) is 4. The largest absolute Gasteiger partial charge is 0.339 e. The molecule has 0 unspecified atom stereocenters. The summed E-state index contributed by atoms with van der Waals surface area (Å²) in [5.41, 5.74) is 4.42. The first-order valence-electron chi connectivity index (χ1n) is 8.40. The van der Waals surface area contributed by atoms with Crippen LogP contribution in [0, 0.1) is 0 Å². The molecule has 2 aromatic carbocycles. The van der Waals surface area contributed by atoms with E-state index in [0.29, 0.717) is 13.0 Å². The zero-order chi connectivity index (χ0) is 17.1. The van der Waals surface area contributed by atoms with E-state index in [-0.39, 0.29) is 5.91 Å². The lowest BCUT2D eigenvalue weighted by Crippen LogP contribution is -2.19. The van der Waals surface area contributed by atoms with Crippen LogP contribution in [0.5, 0.6) is 0 Å². The van der Waals surface area contributed by atoms with Crippen LogP contribution in [0.4, 0.5) is 17.1 Å². The fourth-order valence-corrected chi connectivity index (χ4v) is 3.18. The molecular weight excluding hydrogens is 314 g/mol. The van der Waals surface area contributed by atoms with E-state index in [2.05, 4.69) is 50.9 Å². The number of aryl methyl sites for hydroxylation is 1. The van der Waals surface area contributed by atoms with Gasteiger partial charge in [0.05, 0.1) is 24.1 Å². The predicted molar refractivity (Wildman–Crippen MR) is 96.9 cm³/mol. The summed E-state index contributed by atoms with van der Waals surface area (Å²) in [5, 5.41) is 10.7. The Morgan fingerprint density at radius 1 is 1.08 bits per heavy atom. The second-order valence-electron chi connectivity index (χ2n) is 6.01. The number of nitrogens with zero attached hydrogens (tertiary/aromatic N) is 4. The van der Waals surface area contributed by atoms with Crippen LogP contribution in [-0.4, -0.2) is 27.4 Å². The molecule has 1 N–H and O–H groups in total. The van der Waals surface area contributed by atoms with Gasteiger partial charge >= 0.3 is 0 Å². The number of benzene rings is 2. The van der Waals surface area contributed by atoms with Crippen molar-refractivity contribution < 1.29 is 4.79 Å². The Kier molecular flexibility index (Phi) is 4.16. The second kappa shape index (κ2) is 6.76. The number of nitrogens with one attached hydrogen (secondary N) is 1. The Bertz CT molecular complexity index is 875. The van der Waals surface area contributed by atoms with Gasteiger partial charge in [-0.15, -0.1) is 5.10 Å². The molecule has 0 bridgehead atoms. The van der Waals surface area contributed by atoms with Gasteiger partial charge in [0.1, 0.15) is 0 Å². The van der Waals surface area contributed by atoms with Crippen LogP contribution < -0.4 is 10.2 Å². The number of fused-ring (bicyclic) bond motifs is 1. The molecule has 0 saturated carbocycles. The van der Waals surface area contributed by atoms with Gasteiger partial charge in [-0.2, -0.15) is 0 Å². The molecule has 1 aliphatic rings. The van der Waals surface area contributed by atoms with E-state index in [1.807, 2.05) is 18.2 Å². The molecule has 0 radical (unpaired) electrons. The van der Waals surface area contributed by atoms with Crippen LogP contribution in [0.3, 0.4) is 0 Å². The fraction of sp³-hybridized carbons (Fsp3) is 0.211. The SMILES string of the molecule is O=C(CCn1ccnn1)Nc1ccccc1N1CCc2ccccc21. The third kappa shape index (κ3) is 3.24. The average Bonchev–Trinajstić information content (AvgIpc) is 3.30. The highest BCUT2D eigenvalue weighted by Gasteiger charge is 2.22. The zero-order valence-corrected chi connectivity index (χ0v) is 13.8. The number of anilines is 3. The van der Waals surface area contributed by atoms with Gasteiger partial charge < -0.3 is 10.2 Å². The summed E-state index contributed by atoms with van der Waals surface area (Å²) in [6.45, 7) is 1.44. The second-order valence-corrected chi connectivity index (χ2v) is 6.01. The topological polar surface area (TPSA) is 63.1 Å².